The molecule has 0 amide bonds. The zero-order valence-corrected chi connectivity index (χ0v) is 32.2. The monoisotopic (exact) mass is 764 g/mol. The Hall–Kier alpha value is -5.07. The summed E-state index contributed by atoms with van der Waals surface area (Å²) >= 11 is 0. The Morgan fingerprint density at radius 3 is 1.55 bits per heavy atom. The zero-order valence-electron chi connectivity index (χ0n) is 32.2. The lowest BCUT2D eigenvalue weighted by molar-refractivity contribution is -0.155. The Balaban J connectivity index is 1.34. The summed E-state index contributed by atoms with van der Waals surface area (Å²) in [6.45, 7) is 9.13. The van der Waals surface area contributed by atoms with Gasteiger partial charge in [-0.3, -0.25) is 9.59 Å². The van der Waals surface area contributed by atoms with E-state index in [9.17, 15) is 14.4 Å². The molecule has 0 heterocycles. The molecule has 300 valence electrons. The van der Waals surface area contributed by atoms with Crippen molar-refractivity contribution in [2.75, 3.05) is 59.5 Å². The van der Waals surface area contributed by atoms with Crippen molar-refractivity contribution in [2.24, 2.45) is 0 Å². The number of carbonyl (C=O) groups is 3. The fourth-order valence-corrected chi connectivity index (χ4v) is 4.87. The molecule has 0 fully saturated rings. The van der Waals surface area contributed by atoms with Crippen LogP contribution in [0.4, 0.5) is 0 Å². The van der Waals surface area contributed by atoms with Gasteiger partial charge in [-0.15, -0.1) is 0 Å². The molecular formula is C43H56O12. The minimum atomic E-state index is -0.608. The molecule has 0 aliphatic carbocycles. The van der Waals surface area contributed by atoms with Gasteiger partial charge in [-0.25, -0.2) is 4.79 Å². The van der Waals surface area contributed by atoms with Crippen molar-refractivity contribution in [3.8, 4) is 23.0 Å². The number of para-hydroxylation sites is 2. The fourth-order valence-electron chi connectivity index (χ4n) is 4.87. The van der Waals surface area contributed by atoms with Crippen LogP contribution >= 0.6 is 0 Å². The molecule has 0 radical (unpaired) electrons. The summed E-state index contributed by atoms with van der Waals surface area (Å²) < 4.78 is 51.2. The lowest BCUT2D eigenvalue weighted by Crippen LogP contribution is -2.30. The Bertz CT molecular complexity index is 1510. The average Bonchev–Trinajstić information content (AvgIpc) is 3.19. The molecule has 2 atom stereocenters. The summed E-state index contributed by atoms with van der Waals surface area (Å²) in [6.07, 6.45) is 3.15. The summed E-state index contributed by atoms with van der Waals surface area (Å²) in [4.78, 5) is 36.2. The first-order valence-corrected chi connectivity index (χ1v) is 18.9. The van der Waals surface area contributed by atoms with Gasteiger partial charge >= 0.3 is 17.9 Å². The third-order valence-corrected chi connectivity index (χ3v) is 7.67. The summed E-state index contributed by atoms with van der Waals surface area (Å²) in [5, 5.41) is 0. The molecule has 2 unspecified atom stereocenters. The molecule has 0 aromatic heterocycles. The van der Waals surface area contributed by atoms with Crippen molar-refractivity contribution in [3.05, 3.63) is 97.1 Å². The van der Waals surface area contributed by atoms with Gasteiger partial charge in [0.15, 0.2) is 12.2 Å². The molecule has 12 heteroatoms. The number of unbranched alkanes of at least 4 members (excludes halogenated alkanes) is 3. The van der Waals surface area contributed by atoms with Crippen LogP contribution in [0.5, 0.6) is 23.0 Å². The van der Waals surface area contributed by atoms with Gasteiger partial charge in [0.1, 0.15) is 49.4 Å². The van der Waals surface area contributed by atoms with E-state index >= 15 is 0 Å². The van der Waals surface area contributed by atoms with Crippen LogP contribution in [-0.4, -0.2) is 89.6 Å². The number of carbonyl (C=O) groups excluding carboxylic acids is 3. The van der Waals surface area contributed by atoms with Gasteiger partial charge in [0.25, 0.3) is 0 Å². The van der Waals surface area contributed by atoms with E-state index in [1.807, 2.05) is 85.8 Å². The first-order valence-electron chi connectivity index (χ1n) is 18.9. The minimum Gasteiger partial charge on any atom is -0.491 e. The molecule has 0 N–H and O–H groups in total. The number of hydrogen-bond donors (Lipinski definition) is 0. The van der Waals surface area contributed by atoms with Gasteiger partial charge < -0.3 is 42.6 Å². The number of rotatable bonds is 30. The van der Waals surface area contributed by atoms with Gasteiger partial charge in [0, 0.05) is 24.5 Å². The van der Waals surface area contributed by atoms with Crippen molar-refractivity contribution < 1.29 is 57.0 Å². The van der Waals surface area contributed by atoms with Crippen LogP contribution in [-0.2, 0) is 38.1 Å². The Morgan fingerprint density at radius 2 is 1.04 bits per heavy atom. The molecule has 55 heavy (non-hydrogen) atoms. The van der Waals surface area contributed by atoms with Crippen LogP contribution in [0.2, 0.25) is 0 Å². The quantitative estimate of drug-likeness (QED) is 0.0291. The number of hydrogen-bond acceptors (Lipinski definition) is 12. The zero-order chi connectivity index (χ0) is 39.4. The van der Waals surface area contributed by atoms with Crippen LogP contribution in [0.15, 0.2) is 97.1 Å². The van der Waals surface area contributed by atoms with Crippen molar-refractivity contribution in [1.29, 1.82) is 0 Å². The second-order valence-electron chi connectivity index (χ2n) is 12.6. The highest BCUT2D eigenvalue weighted by atomic mass is 16.6. The highest BCUT2D eigenvalue weighted by Gasteiger charge is 2.17. The molecule has 3 aromatic carbocycles. The van der Waals surface area contributed by atoms with Crippen LogP contribution in [0.3, 0.4) is 0 Å². The second kappa shape index (κ2) is 27.5. The van der Waals surface area contributed by atoms with E-state index in [-0.39, 0.29) is 77.2 Å². The minimum absolute atomic E-state index is 0.135. The Kier molecular flexibility index (Phi) is 22.2. The lowest BCUT2D eigenvalue weighted by Gasteiger charge is -2.19. The third kappa shape index (κ3) is 20.8. The van der Waals surface area contributed by atoms with E-state index in [4.69, 9.17) is 42.6 Å². The van der Waals surface area contributed by atoms with Crippen molar-refractivity contribution >= 4 is 17.9 Å². The van der Waals surface area contributed by atoms with Crippen LogP contribution in [0, 0.1) is 0 Å². The molecular weight excluding hydrogens is 708 g/mol. The molecule has 3 rings (SSSR count). The first-order chi connectivity index (χ1) is 26.8. The van der Waals surface area contributed by atoms with E-state index in [0.29, 0.717) is 54.4 Å². The van der Waals surface area contributed by atoms with E-state index in [1.165, 1.54) is 0 Å². The van der Waals surface area contributed by atoms with Crippen LogP contribution in [0.1, 0.15) is 58.8 Å². The van der Waals surface area contributed by atoms with E-state index in [2.05, 4.69) is 6.58 Å². The van der Waals surface area contributed by atoms with Gasteiger partial charge in [0.05, 0.1) is 33.0 Å². The Labute approximate surface area is 324 Å². The molecule has 12 nitrogen and oxygen atoms in total. The molecule has 0 spiro atoms. The van der Waals surface area contributed by atoms with Crippen molar-refractivity contribution in [2.45, 2.75) is 71.0 Å². The van der Waals surface area contributed by atoms with Gasteiger partial charge in [-0.2, -0.15) is 0 Å². The molecule has 3 aromatic rings. The Morgan fingerprint density at radius 1 is 0.545 bits per heavy atom. The highest BCUT2D eigenvalue weighted by Crippen LogP contribution is 2.19. The lowest BCUT2D eigenvalue weighted by atomic mass is 10.1. The predicted octanol–water partition coefficient (Wildman–Crippen LogP) is 7.33. The molecule has 0 aliphatic rings. The van der Waals surface area contributed by atoms with E-state index in [1.54, 1.807) is 13.0 Å². The second-order valence-corrected chi connectivity index (χ2v) is 12.6. The molecule has 0 saturated carbocycles. The summed E-state index contributed by atoms with van der Waals surface area (Å²) in [5.41, 5.74) is 0.377. The normalized spacial score (nSPS) is 11.8. The first kappa shape index (κ1) is 44.3. The van der Waals surface area contributed by atoms with E-state index in [0.717, 1.165) is 19.3 Å². The molecule has 0 bridgehead atoms. The van der Waals surface area contributed by atoms with E-state index < -0.39 is 12.2 Å². The smallest absolute Gasteiger partial charge is 0.333 e. The summed E-state index contributed by atoms with van der Waals surface area (Å²) in [5.74, 6) is 1.56. The van der Waals surface area contributed by atoms with Gasteiger partial charge in [0.2, 0.25) is 0 Å². The maximum atomic E-state index is 12.6. The predicted molar refractivity (Wildman–Crippen MR) is 206 cm³/mol. The van der Waals surface area contributed by atoms with Crippen molar-refractivity contribution in [3.63, 3.8) is 0 Å². The maximum Gasteiger partial charge on any atom is 0.333 e. The summed E-state index contributed by atoms with van der Waals surface area (Å²) in [7, 11) is 0. The number of benzene rings is 3. The largest absolute Gasteiger partial charge is 0.491 e. The molecule has 0 aliphatic heterocycles. The van der Waals surface area contributed by atoms with Gasteiger partial charge in [-0.1, -0.05) is 68.8 Å². The van der Waals surface area contributed by atoms with Crippen molar-refractivity contribution in [1.82, 2.24) is 0 Å². The SMILES string of the molecule is C=C(C)C(=O)OCCCCCCC(=O)OC(COCCOc1cccc(OCCOCC(COc2ccccc2)OC(=O)CCC)c1)COc1ccccc1. The topological polar surface area (TPSA) is 134 Å². The number of esters is 3. The van der Waals surface area contributed by atoms with Crippen LogP contribution in [0.25, 0.3) is 0 Å². The third-order valence-electron chi connectivity index (χ3n) is 7.67. The van der Waals surface area contributed by atoms with Gasteiger partial charge in [-0.05, 0) is 62.6 Å². The van der Waals surface area contributed by atoms with Crippen LogP contribution < -0.4 is 18.9 Å². The highest BCUT2D eigenvalue weighted by molar-refractivity contribution is 5.86. The average molecular weight is 765 g/mol. The summed E-state index contributed by atoms with van der Waals surface area (Å²) in [6, 6.07) is 25.9. The fraction of sp³-hybridized carbons (Fsp3) is 0.465. The number of ether oxygens (including phenoxy) is 9. The maximum absolute atomic E-state index is 12.6. The standard InChI is InChI=1S/C43H56O12/c1-4-16-41(44)54-39(32-52-35-17-9-7-10-18-35)30-47-25-27-49-37-21-15-22-38(29-37)50-28-26-48-31-40(33-53-36-19-11-8-12-20-36)55-42(45)23-13-5-6-14-24-51-43(46)34(2)3/h7-12,15,17-22,29,39-40H,2,4-6,13-14,16,23-28,30-33H2,1,3H3. The molecule has 0 saturated heterocycles.